The first-order chi connectivity index (χ1) is 10.9. The van der Waals surface area contributed by atoms with E-state index in [9.17, 15) is 14.4 Å². The topological polar surface area (TPSA) is 81.7 Å². The van der Waals surface area contributed by atoms with E-state index < -0.39 is 11.9 Å². The maximum absolute atomic E-state index is 11.9. The molecule has 6 nitrogen and oxygen atoms in total. The van der Waals surface area contributed by atoms with Gasteiger partial charge in [0.25, 0.3) is 0 Å². The summed E-state index contributed by atoms with van der Waals surface area (Å²) in [5.74, 6) is -1.10. The van der Waals surface area contributed by atoms with Crippen molar-refractivity contribution in [3.05, 3.63) is 29.3 Å². The zero-order valence-electron chi connectivity index (χ0n) is 14.0. The lowest BCUT2D eigenvalue weighted by molar-refractivity contribution is -0.116. The number of ether oxygens (including phenoxy) is 2. The molecule has 0 aliphatic carbocycles. The fourth-order valence-corrected chi connectivity index (χ4v) is 1.95. The Labute approximate surface area is 136 Å². The van der Waals surface area contributed by atoms with E-state index in [-0.39, 0.29) is 36.2 Å². The monoisotopic (exact) mass is 321 g/mol. The Hall–Kier alpha value is -2.37. The molecule has 1 rings (SSSR count). The van der Waals surface area contributed by atoms with Crippen molar-refractivity contribution in [2.45, 2.75) is 34.1 Å². The Kier molecular flexibility index (Phi) is 7.25. The molecule has 0 saturated heterocycles. The third-order valence-electron chi connectivity index (χ3n) is 2.83. The minimum Gasteiger partial charge on any atom is -0.462 e. The number of hydrogen-bond donors (Lipinski definition) is 1. The van der Waals surface area contributed by atoms with E-state index in [0.717, 1.165) is 0 Å². The van der Waals surface area contributed by atoms with E-state index in [0.29, 0.717) is 12.1 Å². The van der Waals surface area contributed by atoms with E-state index >= 15 is 0 Å². The van der Waals surface area contributed by atoms with Gasteiger partial charge in [-0.25, -0.2) is 9.59 Å². The van der Waals surface area contributed by atoms with Gasteiger partial charge in [0.1, 0.15) is 0 Å². The first-order valence-corrected chi connectivity index (χ1v) is 7.66. The zero-order valence-corrected chi connectivity index (χ0v) is 14.0. The Bertz CT molecular complexity index is 544. The van der Waals surface area contributed by atoms with Crippen molar-refractivity contribution >= 4 is 23.5 Å². The SMILES string of the molecule is CCOC(=O)c1cc(NC(=O)CC(C)C)cc(C(=O)OCC)c1. The Morgan fingerprint density at radius 2 is 1.43 bits per heavy atom. The normalized spacial score (nSPS) is 10.3. The Morgan fingerprint density at radius 3 is 1.83 bits per heavy atom. The maximum Gasteiger partial charge on any atom is 0.338 e. The highest BCUT2D eigenvalue weighted by Crippen LogP contribution is 2.18. The van der Waals surface area contributed by atoms with Gasteiger partial charge in [0.15, 0.2) is 0 Å². The van der Waals surface area contributed by atoms with Crippen LogP contribution in [0.2, 0.25) is 0 Å². The van der Waals surface area contributed by atoms with Gasteiger partial charge >= 0.3 is 11.9 Å². The second-order valence-corrected chi connectivity index (χ2v) is 5.39. The van der Waals surface area contributed by atoms with Gasteiger partial charge in [-0.3, -0.25) is 4.79 Å². The molecule has 0 atom stereocenters. The lowest BCUT2D eigenvalue weighted by atomic mass is 10.1. The van der Waals surface area contributed by atoms with E-state index in [2.05, 4.69) is 5.32 Å². The van der Waals surface area contributed by atoms with E-state index in [1.807, 2.05) is 13.8 Å². The number of nitrogens with one attached hydrogen (secondary N) is 1. The minimum atomic E-state index is -0.557. The van der Waals surface area contributed by atoms with Gasteiger partial charge in [-0.2, -0.15) is 0 Å². The van der Waals surface area contributed by atoms with Crippen LogP contribution in [-0.2, 0) is 14.3 Å². The van der Waals surface area contributed by atoms with Gasteiger partial charge < -0.3 is 14.8 Å². The van der Waals surface area contributed by atoms with Crippen LogP contribution in [-0.4, -0.2) is 31.1 Å². The van der Waals surface area contributed by atoms with Crippen LogP contribution in [0.3, 0.4) is 0 Å². The molecule has 0 aromatic heterocycles. The van der Waals surface area contributed by atoms with Crippen LogP contribution < -0.4 is 5.32 Å². The molecule has 0 heterocycles. The molecular formula is C17H23NO5. The quantitative estimate of drug-likeness (QED) is 0.781. The van der Waals surface area contributed by atoms with Crippen molar-refractivity contribution in [3.63, 3.8) is 0 Å². The lowest BCUT2D eigenvalue weighted by Gasteiger charge is -2.11. The molecule has 126 valence electrons. The Balaban J connectivity index is 3.10. The zero-order chi connectivity index (χ0) is 17.4. The van der Waals surface area contributed by atoms with Crippen LogP contribution in [0, 0.1) is 5.92 Å². The van der Waals surface area contributed by atoms with Gasteiger partial charge in [-0.1, -0.05) is 13.8 Å². The fourth-order valence-electron chi connectivity index (χ4n) is 1.95. The molecule has 0 aliphatic rings. The molecule has 0 spiro atoms. The van der Waals surface area contributed by atoms with E-state index in [1.54, 1.807) is 13.8 Å². The molecule has 1 aromatic rings. The third-order valence-corrected chi connectivity index (χ3v) is 2.83. The van der Waals surface area contributed by atoms with E-state index in [4.69, 9.17) is 9.47 Å². The van der Waals surface area contributed by atoms with Gasteiger partial charge in [0, 0.05) is 12.1 Å². The largest absolute Gasteiger partial charge is 0.462 e. The van der Waals surface area contributed by atoms with Crippen molar-refractivity contribution < 1.29 is 23.9 Å². The standard InChI is InChI=1S/C17H23NO5/c1-5-22-16(20)12-8-13(17(21)23-6-2)10-14(9-12)18-15(19)7-11(3)4/h8-11H,5-7H2,1-4H3,(H,18,19). The average molecular weight is 321 g/mol. The van der Waals surface area contributed by atoms with Gasteiger partial charge in [0.05, 0.1) is 24.3 Å². The minimum absolute atomic E-state index is 0.184. The second kappa shape index (κ2) is 8.92. The first-order valence-electron chi connectivity index (χ1n) is 7.66. The molecule has 0 fully saturated rings. The number of carbonyl (C=O) groups is 3. The molecular weight excluding hydrogens is 298 g/mol. The molecule has 23 heavy (non-hydrogen) atoms. The van der Waals surface area contributed by atoms with Crippen LogP contribution in [0.4, 0.5) is 5.69 Å². The van der Waals surface area contributed by atoms with Crippen molar-refractivity contribution in [1.82, 2.24) is 0 Å². The highest BCUT2D eigenvalue weighted by molar-refractivity contribution is 5.99. The summed E-state index contributed by atoms with van der Waals surface area (Å²) in [5, 5.41) is 2.69. The number of anilines is 1. The molecule has 0 unspecified atom stereocenters. The average Bonchev–Trinajstić information content (AvgIpc) is 2.46. The molecule has 0 bridgehead atoms. The smallest absolute Gasteiger partial charge is 0.338 e. The number of rotatable bonds is 7. The predicted molar refractivity (Wildman–Crippen MR) is 86.4 cm³/mol. The summed E-state index contributed by atoms with van der Waals surface area (Å²) in [6, 6.07) is 4.37. The van der Waals surface area contributed by atoms with Crippen LogP contribution in [0.15, 0.2) is 18.2 Å². The van der Waals surface area contributed by atoms with Crippen LogP contribution in [0.1, 0.15) is 54.8 Å². The summed E-state index contributed by atoms with van der Waals surface area (Å²) in [6.45, 7) is 7.68. The summed E-state index contributed by atoms with van der Waals surface area (Å²) in [6.07, 6.45) is 0.346. The highest BCUT2D eigenvalue weighted by Gasteiger charge is 2.16. The molecule has 1 amide bonds. The van der Waals surface area contributed by atoms with Crippen LogP contribution in [0.25, 0.3) is 0 Å². The van der Waals surface area contributed by atoms with E-state index in [1.165, 1.54) is 18.2 Å². The van der Waals surface area contributed by atoms with Gasteiger partial charge in [0.2, 0.25) is 5.91 Å². The molecule has 0 radical (unpaired) electrons. The second-order valence-electron chi connectivity index (χ2n) is 5.39. The molecule has 6 heteroatoms. The van der Waals surface area contributed by atoms with Crippen molar-refractivity contribution in [2.24, 2.45) is 5.92 Å². The summed E-state index contributed by atoms with van der Waals surface area (Å²) in [4.78, 5) is 35.7. The fraction of sp³-hybridized carbons (Fsp3) is 0.471. The number of esters is 2. The van der Waals surface area contributed by atoms with Crippen molar-refractivity contribution in [3.8, 4) is 0 Å². The molecule has 1 aromatic carbocycles. The summed E-state index contributed by atoms with van der Waals surface area (Å²) < 4.78 is 9.89. The van der Waals surface area contributed by atoms with Crippen LogP contribution >= 0.6 is 0 Å². The van der Waals surface area contributed by atoms with Crippen molar-refractivity contribution in [2.75, 3.05) is 18.5 Å². The Morgan fingerprint density at radius 1 is 0.957 bits per heavy atom. The molecule has 1 N–H and O–H groups in total. The number of carbonyl (C=O) groups excluding carboxylic acids is 3. The lowest BCUT2D eigenvalue weighted by Crippen LogP contribution is -2.16. The van der Waals surface area contributed by atoms with Gasteiger partial charge in [-0.15, -0.1) is 0 Å². The third kappa shape index (κ3) is 6.10. The molecule has 0 aliphatic heterocycles. The van der Waals surface area contributed by atoms with Crippen molar-refractivity contribution in [1.29, 1.82) is 0 Å². The van der Waals surface area contributed by atoms with Gasteiger partial charge in [-0.05, 0) is 38.0 Å². The summed E-state index contributed by atoms with van der Waals surface area (Å²) in [5.41, 5.74) is 0.749. The number of hydrogen-bond acceptors (Lipinski definition) is 5. The number of benzene rings is 1. The number of amides is 1. The van der Waals surface area contributed by atoms with Crippen LogP contribution in [0.5, 0.6) is 0 Å². The molecule has 0 saturated carbocycles. The predicted octanol–water partition coefficient (Wildman–Crippen LogP) is 3.02. The summed E-state index contributed by atoms with van der Waals surface area (Å²) >= 11 is 0. The highest BCUT2D eigenvalue weighted by atomic mass is 16.5. The maximum atomic E-state index is 11.9. The first kappa shape index (κ1) is 18.7. The summed E-state index contributed by atoms with van der Waals surface area (Å²) in [7, 11) is 0.